The molecule has 29 heavy (non-hydrogen) atoms. The quantitative estimate of drug-likeness (QED) is 0.327. The number of nitrogens with one attached hydrogen (secondary N) is 1. The van der Waals surface area contributed by atoms with Crippen LogP contribution in [0.25, 0.3) is 10.2 Å². The summed E-state index contributed by atoms with van der Waals surface area (Å²) >= 11 is 4.48. The van der Waals surface area contributed by atoms with Gasteiger partial charge in [-0.25, -0.2) is 19.7 Å². The second-order valence-corrected chi connectivity index (χ2v) is 9.20. The Bertz CT molecular complexity index is 1130. The van der Waals surface area contributed by atoms with Crippen molar-refractivity contribution in [3.05, 3.63) is 46.7 Å². The summed E-state index contributed by atoms with van der Waals surface area (Å²) in [5.41, 5.74) is 1.82. The van der Waals surface area contributed by atoms with Gasteiger partial charge in [0.05, 0.1) is 22.5 Å². The fourth-order valence-corrected chi connectivity index (χ4v) is 5.08. The van der Waals surface area contributed by atoms with Crippen LogP contribution in [0, 0.1) is 6.92 Å². The van der Waals surface area contributed by atoms with Crippen molar-refractivity contribution in [1.29, 1.82) is 0 Å². The van der Waals surface area contributed by atoms with Gasteiger partial charge in [0.1, 0.15) is 10.6 Å². The van der Waals surface area contributed by atoms with Crippen LogP contribution in [0.5, 0.6) is 0 Å². The third-order valence-electron chi connectivity index (χ3n) is 3.72. The van der Waals surface area contributed by atoms with Crippen molar-refractivity contribution in [2.75, 3.05) is 11.9 Å². The van der Waals surface area contributed by atoms with E-state index in [0.29, 0.717) is 28.1 Å². The van der Waals surface area contributed by atoms with Gasteiger partial charge >= 0.3 is 5.97 Å². The van der Waals surface area contributed by atoms with Gasteiger partial charge in [-0.05, 0) is 26.0 Å². The number of nitrogens with zero attached hydrogens (tertiary/aromatic N) is 5. The van der Waals surface area contributed by atoms with Crippen molar-refractivity contribution >= 4 is 61.7 Å². The van der Waals surface area contributed by atoms with Crippen molar-refractivity contribution in [3.63, 3.8) is 0 Å². The molecule has 0 atom stereocenters. The molecular weight excluding hydrogens is 428 g/mol. The maximum absolute atomic E-state index is 12.3. The van der Waals surface area contributed by atoms with Crippen LogP contribution < -0.4 is 5.32 Å². The summed E-state index contributed by atoms with van der Waals surface area (Å²) in [6.45, 7) is 3.95. The van der Waals surface area contributed by atoms with E-state index < -0.39 is 5.97 Å². The number of thiazole rings is 1. The lowest BCUT2D eigenvalue weighted by Crippen LogP contribution is -2.11. The predicted octanol–water partition coefficient (Wildman–Crippen LogP) is 4.46. The lowest BCUT2D eigenvalue weighted by Gasteiger charge is -2.09. The van der Waals surface area contributed by atoms with E-state index in [0.717, 1.165) is 19.6 Å². The Morgan fingerprint density at radius 3 is 2.83 bits per heavy atom. The molecule has 0 amide bonds. The molecule has 0 saturated carbocycles. The Balaban J connectivity index is 1.59. The molecular formula is C18H16N6O2S3. The number of carbonyl (C=O) groups excluding carboxylic acids is 1. The van der Waals surface area contributed by atoms with Crippen molar-refractivity contribution in [3.8, 4) is 0 Å². The predicted molar refractivity (Wildman–Crippen MR) is 115 cm³/mol. The maximum atomic E-state index is 12.3. The zero-order valence-corrected chi connectivity index (χ0v) is 18.0. The average Bonchev–Trinajstić information content (AvgIpc) is 3.31. The standard InChI is InChI=1S/C18H16N6O2S3/c1-3-26-15(25)11-8-19-16(20-13(11)9-27-18-24-23-10(2)28-18)22-17-21-12-6-4-5-7-14(12)29-17/h4-8H,3,9H2,1-2H3,(H,19,20,21,22). The van der Waals surface area contributed by atoms with Crippen molar-refractivity contribution in [2.24, 2.45) is 0 Å². The third-order valence-corrected chi connectivity index (χ3v) is 6.65. The number of hydrogen-bond acceptors (Lipinski definition) is 11. The molecule has 0 saturated heterocycles. The van der Waals surface area contributed by atoms with Crippen LogP contribution in [0.15, 0.2) is 34.8 Å². The molecule has 0 fully saturated rings. The Kier molecular flexibility index (Phi) is 5.97. The van der Waals surface area contributed by atoms with Crippen LogP contribution in [0.1, 0.15) is 28.0 Å². The molecule has 4 rings (SSSR count). The molecule has 0 aliphatic carbocycles. The summed E-state index contributed by atoms with van der Waals surface area (Å²) < 4.78 is 7.02. The van der Waals surface area contributed by atoms with Gasteiger partial charge in [0.2, 0.25) is 5.95 Å². The van der Waals surface area contributed by atoms with E-state index in [9.17, 15) is 4.79 Å². The zero-order valence-electron chi connectivity index (χ0n) is 15.6. The molecule has 0 aliphatic rings. The number of rotatable bonds is 7. The van der Waals surface area contributed by atoms with Crippen molar-refractivity contribution in [2.45, 2.75) is 23.9 Å². The van der Waals surface area contributed by atoms with Crippen LogP contribution >= 0.6 is 34.4 Å². The second kappa shape index (κ2) is 8.80. The highest BCUT2D eigenvalue weighted by Crippen LogP contribution is 2.29. The number of aromatic nitrogens is 5. The number of benzene rings is 1. The number of fused-ring (bicyclic) bond motifs is 1. The minimum absolute atomic E-state index is 0.284. The number of ether oxygens (including phenoxy) is 1. The topological polar surface area (TPSA) is 103 Å². The number of anilines is 2. The minimum Gasteiger partial charge on any atom is -0.462 e. The molecule has 0 bridgehead atoms. The first kappa shape index (κ1) is 19.7. The molecule has 0 aliphatic heterocycles. The van der Waals surface area contributed by atoms with Gasteiger partial charge < -0.3 is 10.1 Å². The number of hydrogen-bond donors (Lipinski definition) is 1. The molecule has 1 aromatic carbocycles. The molecule has 1 N–H and O–H groups in total. The van der Waals surface area contributed by atoms with Gasteiger partial charge in [0, 0.05) is 11.9 Å². The van der Waals surface area contributed by atoms with Crippen LogP contribution in [0.4, 0.5) is 11.1 Å². The van der Waals surface area contributed by atoms with E-state index in [1.165, 1.54) is 40.6 Å². The van der Waals surface area contributed by atoms with Gasteiger partial charge in [0.25, 0.3) is 0 Å². The molecule has 4 aromatic rings. The van der Waals surface area contributed by atoms with E-state index in [-0.39, 0.29) is 6.61 Å². The number of esters is 1. The highest BCUT2D eigenvalue weighted by Gasteiger charge is 2.17. The fraction of sp³-hybridized carbons (Fsp3) is 0.222. The zero-order chi connectivity index (χ0) is 20.2. The monoisotopic (exact) mass is 444 g/mol. The van der Waals surface area contributed by atoms with E-state index in [2.05, 4.69) is 30.5 Å². The van der Waals surface area contributed by atoms with Crippen molar-refractivity contribution < 1.29 is 9.53 Å². The van der Waals surface area contributed by atoms with Gasteiger partial charge in [-0.1, -0.05) is 46.6 Å². The van der Waals surface area contributed by atoms with E-state index >= 15 is 0 Å². The third kappa shape index (κ3) is 4.69. The van der Waals surface area contributed by atoms with Gasteiger partial charge in [-0.3, -0.25) is 0 Å². The second-order valence-electron chi connectivity index (χ2n) is 5.76. The molecule has 11 heteroatoms. The SMILES string of the molecule is CCOC(=O)c1cnc(Nc2nc3ccccc3s2)nc1CSc1nnc(C)s1. The van der Waals surface area contributed by atoms with E-state index in [4.69, 9.17) is 4.74 Å². The smallest absolute Gasteiger partial charge is 0.341 e. The summed E-state index contributed by atoms with van der Waals surface area (Å²) in [4.78, 5) is 25.7. The van der Waals surface area contributed by atoms with Crippen molar-refractivity contribution in [1.82, 2.24) is 25.1 Å². The Hall–Kier alpha value is -2.63. The minimum atomic E-state index is -0.442. The lowest BCUT2D eigenvalue weighted by molar-refractivity contribution is 0.0524. The van der Waals surface area contributed by atoms with Crippen LogP contribution in [-0.2, 0) is 10.5 Å². The Morgan fingerprint density at radius 1 is 1.21 bits per heavy atom. The van der Waals surface area contributed by atoms with Gasteiger partial charge in [0.15, 0.2) is 9.47 Å². The lowest BCUT2D eigenvalue weighted by atomic mass is 10.2. The summed E-state index contributed by atoms with van der Waals surface area (Å²) in [7, 11) is 0. The van der Waals surface area contributed by atoms with Crippen LogP contribution in [0.3, 0.4) is 0 Å². The summed E-state index contributed by atoms with van der Waals surface area (Å²) in [5.74, 6) is 0.379. The Labute approximate surface area is 178 Å². The normalized spacial score (nSPS) is 11.0. The van der Waals surface area contributed by atoms with Crippen LogP contribution in [0.2, 0.25) is 0 Å². The summed E-state index contributed by atoms with van der Waals surface area (Å²) in [6.07, 6.45) is 1.49. The average molecular weight is 445 g/mol. The highest BCUT2D eigenvalue weighted by molar-refractivity contribution is 8.00. The molecule has 0 radical (unpaired) electrons. The largest absolute Gasteiger partial charge is 0.462 e. The van der Waals surface area contributed by atoms with Crippen LogP contribution in [-0.4, -0.2) is 37.7 Å². The maximum Gasteiger partial charge on any atom is 0.341 e. The van der Waals surface area contributed by atoms with E-state index in [1.807, 2.05) is 31.2 Å². The number of para-hydroxylation sites is 1. The number of aryl methyl sites for hydroxylation is 1. The number of carbonyl (C=O) groups is 1. The first-order chi connectivity index (χ1) is 14.1. The molecule has 0 unspecified atom stereocenters. The molecule has 8 nitrogen and oxygen atoms in total. The molecule has 3 aromatic heterocycles. The highest BCUT2D eigenvalue weighted by atomic mass is 32.2. The molecule has 148 valence electrons. The Morgan fingerprint density at radius 2 is 2.07 bits per heavy atom. The summed E-state index contributed by atoms with van der Waals surface area (Å²) in [6, 6.07) is 7.88. The first-order valence-electron chi connectivity index (χ1n) is 8.71. The number of thioether (sulfide) groups is 1. The summed E-state index contributed by atoms with van der Waals surface area (Å²) in [5, 5.41) is 12.8. The van der Waals surface area contributed by atoms with E-state index in [1.54, 1.807) is 6.92 Å². The molecule has 3 heterocycles. The van der Waals surface area contributed by atoms with Gasteiger partial charge in [-0.15, -0.1) is 10.2 Å². The fourth-order valence-electron chi connectivity index (χ4n) is 2.45. The molecule has 0 spiro atoms. The first-order valence-corrected chi connectivity index (χ1v) is 11.3. The van der Waals surface area contributed by atoms with Gasteiger partial charge in [-0.2, -0.15) is 0 Å².